The summed E-state index contributed by atoms with van der Waals surface area (Å²) in [5.74, 6) is 0.733. The summed E-state index contributed by atoms with van der Waals surface area (Å²) < 4.78 is 6.15. The minimum absolute atomic E-state index is 0.304. The Kier molecular flexibility index (Phi) is 4.06. The van der Waals surface area contributed by atoms with Crippen LogP contribution in [0.1, 0.15) is 16.7 Å². The Morgan fingerprint density at radius 2 is 2.20 bits per heavy atom. The highest BCUT2D eigenvalue weighted by Crippen LogP contribution is 2.33. The third-order valence-electron chi connectivity index (χ3n) is 2.38. The van der Waals surface area contributed by atoms with Gasteiger partial charge < -0.3 is 4.74 Å². The van der Waals surface area contributed by atoms with Crippen LogP contribution >= 0.6 is 15.9 Å². The molecule has 0 saturated heterocycles. The third-order valence-corrected chi connectivity index (χ3v) is 2.97. The molecule has 0 fully saturated rings. The average Bonchev–Trinajstić information content (AvgIpc) is 2.21. The van der Waals surface area contributed by atoms with E-state index in [0.29, 0.717) is 6.54 Å². The molecule has 0 atom stereocenters. The third kappa shape index (κ3) is 2.46. The molecule has 1 aromatic carbocycles. The second-order valence-corrected chi connectivity index (χ2v) is 4.07. The van der Waals surface area contributed by atoms with E-state index in [2.05, 4.69) is 20.9 Å². The van der Waals surface area contributed by atoms with E-state index in [-0.39, 0.29) is 0 Å². The molecule has 15 heavy (non-hydrogen) atoms. The summed E-state index contributed by atoms with van der Waals surface area (Å²) in [5.41, 5.74) is 3.15. The van der Waals surface area contributed by atoms with Crippen LogP contribution in [-0.2, 0) is 11.3 Å². The Morgan fingerprint density at radius 3 is 2.73 bits per heavy atom. The van der Waals surface area contributed by atoms with Gasteiger partial charge in [0.25, 0.3) is 0 Å². The number of aryl methyl sites for hydroxylation is 1. The van der Waals surface area contributed by atoms with Gasteiger partial charge in [-0.3, -0.25) is 0 Å². The van der Waals surface area contributed by atoms with Crippen molar-refractivity contribution in [3.8, 4) is 5.75 Å². The maximum absolute atomic E-state index is 10.1. The number of carbonyl (C=O) groups excluding carboxylic acids is 1. The highest BCUT2D eigenvalue weighted by molar-refractivity contribution is 9.10. The number of isocyanates is 1. The second-order valence-electron chi connectivity index (χ2n) is 3.22. The second kappa shape index (κ2) is 5.10. The summed E-state index contributed by atoms with van der Waals surface area (Å²) in [6, 6.07) is 1.99. The summed E-state index contributed by atoms with van der Waals surface area (Å²) in [4.78, 5) is 13.7. The van der Waals surface area contributed by atoms with Crippen LogP contribution in [0, 0.1) is 13.8 Å². The molecular formula is C11H12BrNO2. The topological polar surface area (TPSA) is 38.7 Å². The van der Waals surface area contributed by atoms with Gasteiger partial charge in [0.05, 0.1) is 18.1 Å². The van der Waals surface area contributed by atoms with Crippen LogP contribution in [-0.4, -0.2) is 13.2 Å². The van der Waals surface area contributed by atoms with Gasteiger partial charge in [0.1, 0.15) is 5.75 Å². The molecule has 0 saturated carbocycles. The van der Waals surface area contributed by atoms with Gasteiger partial charge in [-0.05, 0) is 47.0 Å². The van der Waals surface area contributed by atoms with Crippen LogP contribution in [0.25, 0.3) is 0 Å². The van der Waals surface area contributed by atoms with Gasteiger partial charge in [0.2, 0.25) is 6.08 Å². The van der Waals surface area contributed by atoms with E-state index in [0.717, 1.165) is 26.9 Å². The highest BCUT2D eigenvalue weighted by atomic mass is 79.9. The lowest BCUT2D eigenvalue weighted by Crippen LogP contribution is -1.98. The molecule has 0 aliphatic carbocycles. The van der Waals surface area contributed by atoms with E-state index in [1.54, 1.807) is 7.11 Å². The molecule has 0 N–H and O–H groups in total. The number of benzene rings is 1. The summed E-state index contributed by atoms with van der Waals surface area (Å²) in [6.07, 6.45) is 1.54. The minimum Gasteiger partial charge on any atom is -0.495 e. The monoisotopic (exact) mass is 269 g/mol. The lowest BCUT2D eigenvalue weighted by Gasteiger charge is -2.13. The summed E-state index contributed by atoms with van der Waals surface area (Å²) >= 11 is 3.42. The lowest BCUT2D eigenvalue weighted by atomic mass is 10.0. The van der Waals surface area contributed by atoms with Crippen molar-refractivity contribution in [2.24, 2.45) is 4.99 Å². The molecule has 1 aromatic rings. The number of hydrogen-bond acceptors (Lipinski definition) is 3. The van der Waals surface area contributed by atoms with E-state index in [9.17, 15) is 4.79 Å². The molecule has 0 heterocycles. The van der Waals surface area contributed by atoms with Gasteiger partial charge in [-0.15, -0.1) is 0 Å². The fourth-order valence-electron chi connectivity index (χ4n) is 1.44. The first kappa shape index (κ1) is 12.0. The van der Waals surface area contributed by atoms with Crippen LogP contribution in [0.4, 0.5) is 0 Å². The number of nitrogens with zero attached hydrogens (tertiary/aromatic N) is 1. The summed E-state index contributed by atoms with van der Waals surface area (Å²) in [5, 5.41) is 0. The molecule has 4 heteroatoms. The molecule has 0 radical (unpaired) electrons. The van der Waals surface area contributed by atoms with Crippen LogP contribution in [0.5, 0.6) is 5.75 Å². The zero-order chi connectivity index (χ0) is 11.4. The van der Waals surface area contributed by atoms with Crippen molar-refractivity contribution < 1.29 is 9.53 Å². The van der Waals surface area contributed by atoms with E-state index in [1.165, 1.54) is 6.08 Å². The van der Waals surface area contributed by atoms with Gasteiger partial charge in [-0.25, -0.2) is 9.79 Å². The first-order valence-corrected chi connectivity index (χ1v) is 5.27. The van der Waals surface area contributed by atoms with E-state index < -0.39 is 0 Å². The summed E-state index contributed by atoms with van der Waals surface area (Å²) in [6.45, 7) is 4.30. The minimum atomic E-state index is 0.304. The number of methoxy groups -OCH3 is 1. The Bertz CT molecular complexity index is 423. The van der Waals surface area contributed by atoms with Crippen LogP contribution in [0.15, 0.2) is 15.5 Å². The largest absolute Gasteiger partial charge is 0.495 e. The first-order valence-electron chi connectivity index (χ1n) is 4.48. The zero-order valence-electron chi connectivity index (χ0n) is 8.93. The van der Waals surface area contributed by atoms with Crippen LogP contribution in [0.2, 0.25) is 0 Å². The molecule has 0 unspecified atom stereocenters. The molecule has 0 aliphatic heterocycles. The fraction of sp³-hybridized carbons (Fsp3) is 0.364. The SMILES string of the molecule is COc1c(Br)cc(C)c(C)c1CN=C=O. The molecule has 3 nitrogen and oxygen atoms in total. The highest BCUT2D eigenvalue weighted by Gasteiger charge is 2.12. The van der Waals surface area contributed by atoms with E-state index >= 15 is 0 Å². The molecule has 80 valence electrons. The van der Waals surface area contributed by atoms with Gasteiger partial charge >= 0.3 is 0 Å². The lowest BCUT2D eigenvalue weighted by molar-refractivity contribution is 0.406. The van der Waals surface area contributed by atoms with Crippen LogP contribution in [0.3, 0.4) is 0 Å². The van der Waals surface area contributed by atoms with Crippen molar-refractivity contribution in [2.45, 2.75) is 20.4 Å². The van der Waals surface area contributed by atoms with Crippen LogP contribution < -0.4 is 4.74 Å². The molecule has 0 amide bonds. The first-order chi connectivity index (χ1) is 7.11. The maximum Gasteiger partial charge on any atom is 0.235 e. The number of hydrogen-bond donors (Lipinski definition) is 0. The van der Waals surface area contributed by atoms with E-state index in [1.807, 2.05) is 19.9 Å². The van der Waals surface area contributed by atoms with Crippen molar-refractivity contribution in [1.82, 2.24) is 0 Å². The normalized spacial score (nSPS) is 9.60. The number of aliphatic imine (C=N–C) groups is 1. The van der Waals surface area contributed by atoms with Crippen molar-refractivity contribution in [2.75, 3.05) is 7.11 Å². The Morgan fingerprint density at radius 1 is 1.53 bits per heavy atom. The molecular weight excluding hydrogens is 258 g/mol. The standard InChI is InChI=1S/C11H12BrNO2/c1-7-4-10(12)11(15-3)9(8(7)2)5-13-6-14/h4H,5H2,1-3H3. The van der Waals surface area contributed by atoms with Crippen molar-refractivity contribution in [3.63, 3.8) is 0 Å². The van der Waals surface area contributed by atoms with Gasteiger partial charge in [0, 0.05) is 5.56 Å². The molecule has 1 rings (SSSR count). The van der Waals surface area contributed by atoms with Gasteiger partial charge in [0.15, 0.2) is 0 Å². The zero-order valence-corrected chi connectivity index (χ0v) is 10.5. The number of halogens is 1. The smallest absolute Gasteiger partial charge is 0.235 e. The summed E-state index contributed by atoms with van der Waals surface area (Å²) in [7, 11) is 1.60. The number of ether oxygens (including phenoxy) is 1. The molecule has 0 aromatic heterocycles. The van der Waals surface area contributed by atoms with E-state index in [4.69, 9.17) is 4.74 Å². The Hall–Kier alpha value is -1.12. The van der Waals surface area contributed by atoms with Crippen molar-refractivity contribution in [1.29, 1.82) is 0 Å². The molecule has 0 bridgehead atoms. The Labute approximate surface area is 97.3 Å². The molecule has 0 spiro atoms. The number of rotatable bonds is 3. The average molecular weight is 270 g/mol. The van der Waals surface area contributed by atoms with Crippen molar-refractivity contribution in [3.05, 3.63) is 27.2 Å². The predicted molar refractivity (Wildman–Crippen MR) is 62.0 cm³/mol. The van der Waals surface area contributed by atoms with Crippen molar-refractivity contribution >= 4 is 22.0 Å². The van der Waals surface area contributed by atoms with Gasteiger partial charge in [-0.2, -0.15) is 0 Å². The Balaban J connectivity index is 3.35. The maximum atomic E-state index is 10.1. The quantitative estimate of drug-likeness (QED) is 0.625. The van der Waals surface area contributed by atoms with Gasteiger partial charge in [-0.1, -0.05) is 0 Å². The fourth-order valence-corrected chi connectivity index (χ4v) is 2.18. The predicted octanol–water partition coefficient (Wildman–Crippen LogP) is 2.91. The molecule has 0 aliphatic rings.